The largest absolute Gasteiger partial charge is 0.496 e. The first kappa shape index (κ1) is 14.4. The first-order valence-corrected chi connectivity index (χ1v) is 6.75. The maximum atomic E-state index is 11.9. The zero-order valence-electron chi connectivity index (χ0n) is 12.1. The number of amides is 1. The first-order chi connectivity index (χ1) is 9.61. The van der Waals surface area contributed by atoms with Gasteiger partial charge in [0, 0.05) is 18.5 Å². The lowest BCUT2D eigenvalue weighted by molar-refractivity contribution is -0.131. The Hall–Kier alpha value is -2.04. The molecule has 5 nitrogen and oxygen atoms in total. The van der Waals surface area contributed by atoms with Gasteiger partial charge in [0.15, 0.2) is 0 Å². The van der Waals surface area contributed by atoms with Crippen molar-refractivity contribution in [1.82, 2.24) is 5.32 Å². The second kappa shape index (κ2) is 6.41. The molecule has 0 aromatic heterocycles. The second-order valence-corrected chi connectivity index (χ2v) is 5.18. The number of nitrogens with one attached hydrogen (secondary N) is 1. The molecule has 1 aliphatic heterocycles. The lowest BCUT2D eigenvalue weighted by Gasteiger charge is -2.11. The molecular weight excluding hydrogens is 256 g/mol. The number of carbonyl (C=O) groups is 1. The number of carbonyl (C=O) groups excluding carboxylic acids is 1. The van der Waals surface area contributed by atoms with Crippen LogP contribution in [-0.4, -0.2) is 31.4 Å². The molecule has 1 atom stereocenters. The highest BCUT2D eigenvalue weighted by molar-refractivity contribution is 6.05. The van der Waals surface area contributed by atoms with E-state index in [4.69, 9.17) is 9.57 Å². The van der Waals surface area contributed by atoms with E-state index in [1.807, 2.05) is 38.1 Å². The third-order valence-electron chi connectivity index (χ3n) is 3.06. The van der Waals surface area contributed by atoms with Crippen molar-refractivity contribution in [2.75, 3.05) is 13.7 Å². The Morgan fingerprint density at radius 1 is 1.50 bits per heavy atom. The van der Waals surface area contributed by atoms with E-state index in [0.717, 1.165) is 17.0 Å². The standard InChI is InChI=1S/C15H20N2O3/c1-10(2)9-16-15(18)14-8-12(17-20-14)11-6-4-5-7-13(11)19-3/h4-7,10,14H,8-9H2,1-3H3,(H,16,18)/t14-/m0/s1. The Morgan fingerprint density at radius 3 is 2.95 bits per heavy atom. The molecule has 5 heteroatoms. The van der Waals surface area contributed by atoms with Crippen LogP contribution in [0.25, 0.3) is 0 Å². The first-order valence-electron chi connectivity index (χ1n) is 6.75. The van der Waals surface area contributed by atoms with Gasteiger partial charge in [-0.15, -0.1) is 0 Å². The van der Waals surface area contributed by atoms with Gasteiger partial charge in [-0.05, 0) is 18.1 Å². The van der Waals surface area contributed by atoms with Crippen LogP contribution < -0.4 is 10.1 Å². The molecule has 0 bridgehead atoms. The highest BCUT2D eigenvalue weighted by Crippen LogP contribution is 2.24. The van der Waals surface area contributed by atoms with Gasteiger partial charge in [0.2, 0.25) is 6.10 Å². The number of hydrogen-bond donors (Lipinski definition) is 1. The number of benzene rings is 1. The minimum Gasteiger partial charge on any atom is -0.496 e. The van der Waals surface area contributed by atoms with Crippen LogP contribution in [0.4, 0.5) is 0 Å². The number of rotatable bonds is 5. The number of hydrogen-bond acceptors (Lipinski definition) is 4. The van der Waals surface area contributed by atoms with Gasteiger partial charge in [-0.3, -0.25) is 4.79 Å². The monoisotopic (exact) mass is 276 g/mol. The van der Waals surface area contributed by atoms with Crippen molar-refractivity contribution in [1.29, 1.82) is 0 Å². The predicted octanol–water partition coefficient (Wildman–Crippen LogP) is 1.96. The fourth-order valence-corrected chi connectivity index (χ4v) is 1.98. The average Bonchev–Trinajstić information content (AvgIpc) is 2.94. The quantitative estimate of drug-likeness (QED) is 0.894. The molecular formula is C15H20N2O3. The van der Waals surface area contributed by atoms with E-state index in [9.17, 15) is 4.79 Å². The average molecular weight is 276 g/mol. The molecule has 2 rings (SSSR count). The summed E-state index contributed by atoms with van der Waals surface area (Å²) in [7, 11) is 1.61. The molecule has 1 aromatic rings. The Balaban J connectivity index is 1.99. The van der Waals surface area contributed by atoms with Crippen LogP contribution >= 0.6 is 0 Å². The van der Waals surface area contributed by atoms with Crippen LogP contribution in [0.3, 0.4) is 0 Å². The van der Waals surface area contributed by atoms with Crippen molar-refractivity contribution >= 4 is 11.6 Å². The number of ether oxygens (including phenoxy) is 1. The summed E-state index contributed by atoms with van der Waals surface area (Å²) in [5.74, 6) is 1.03. The molecule has 0 fully saturated rings. The third-order valence-corrected chi connectivity index (χ3v) is 3.06. The van der Waals surface area contributed by atoms with E-state index in [-0.39, 0.29) is 5.91 Å². The molecule has 1 aromatic carbocycles. The Kier molecular flexibility index (Phi) is 4.61. The van der Waals surface area contributed by atoms with Crippen LogP contribution in [0.1, 0.15) is 25.8 Å². The normalized spacial score (nSPS) is 17.6. The predicted molar refractivity (Wildman–Crippen MR) is 76.9 cm³/mol. The van der Waals surface area contributed by atoms with E-state index in [1.54, 1.807) is 7.11 Å². The number of para-hydroxylation sites is 1. The van der Waals surface area contributed by atoms with Crippen molar-refractivity contribution < 1.29 is 14.4 Å². The Labute approximate surface area is 118 Å². The summed E-state index contributed by atoms with van der Waals surface area (Å²) in [6.45, 7) is 4.74. The molecule has 1 heterocycles. The van der Waals surface area contributed by atoms with Crippen molar-refractivity contribution in [2.45, 2.75) is 26.4 Å². The van der Waals surface area contributed by atoms with Gasteiger partial charge in [0.25, 0.3) is 5.91 Å². The summed E-state index contributed by atoms with van der Waals surface area (Å²) in [5, 5.41) is 6.88. The summed E-state index contributed by atoms with van der Waals surface area (Å²) >= 11 is 0. The number of oxime groups is 1. The molecule has 0 saturated carbocycles. The van der Waals surface area contributed by atoms with E-state index in [2.05, 4.69) is 10.5 Å². The molecule has 1 N–H and O–H groups in total. The van der Waals surface area contributed by atoms with Crippen LogP contribution in [0, 0.1) is 5.92 Å². The van der Waals surface area contributed by atoms with Crippen LogP contribution in [-0.2, 0) is 9.63 Å². The van der Waals surface area contributed by atoms with Crippen LogP contribution in [0.15, 0.2) is 29.4 Å². The summed E-state index contributed by atoms with van der Waals surface area (Å²) in [6.07, 6.45) is -0.0849. The fourth-order valence-electron chi connectivity index (χ4n) is 1.98. The van der Waals surface area contributed by atoms with Gasteiger partial charge in [-0.1, -0.05) is 31.1 Å². The van der Waals surface area contributed by atoms with Gasteiger partial charge in [0.05, 0.1) is 12.8 Å². The van der Waals surface area contributed by atoms with Gasteiger partial charge < -0.3 is 14.9 Å². The maximum Gasteiger partial charge on any atom is 0.264 e. The zero-order chi connectivity index (χ0) is 14.5. The molecule has 0 saturated heterocycles. The van der Waals surface area contributed by atoms with Crippen molar-refractivity contribution in [3.8, 4) is 5.75 Å². The zero-order valence-corrected chi connectivity index (χ0v) is 12.1. The second-order valence-electron chi connectivity index (χ2n) is 5.18. The summed E-state index contributed by atoms with van der Waals surface area (Å²) in [6, 6.07) is 7.58. The molecule has 108 valence electrons. The van der Waals surface area contributed by atoms with Gasteiger partial charge in [-0.25, -0.2) is 0 Å². The summed E-state index contributed by atoms with van der Waals surface area (Å²) in [4.78, 5) is 17.2. The summed E-state index contributed by atoms with van der Waals surface area (Å²) < 4.78 is 5.30. The van der Waals surface area contributed by atoms with E-state index < -0.39 is 6.10 Å². The Bertz CT molecular complexity index is 512. The lowest BCUT2D eigenvalue weighted by atomic mass is 10.0. The smallest absolute Gasteiger partial charge is 0.264 e. The number of methoxy groups -OCH3 is 1. The molecule has 20 heavy (non-hydrogen) atoms. The highest BCUT2D eigenvalue weighted by Gasteiger charge is 2.29. The third kappa shape index (κ3) is 3.29. The Morgan fingerprint density at radius 2 is 2.25 bits per heavy atom. The number of nitrogens with zero attached hydrogens (tertiary/aromatic N) is 1. The van der Waals surface area contributed by atoms with Crippen molar-refractivity contribution in [2.24, 2.45) is 11.1 Å². The summed E-state index contributed by atoms with van der Waals surface area (Å²) in [5.41, 5.74) is 1.61. The fraction of sp³-hybridized carbons (Fsp3) is 0.467. The van der Waals surface area contributed by atoms with Gasteiger partial charge >= 0.3 is 0 Å². The topological polar surface area (TPSA) is 59.9 Å². The molecule has 0 unspecified atom stereocenters. The maximum absolute atomic E-state index is 11.9. The van der Waals surface area contributed by atoms with E-state index >= 15 is 0 Å². The SMILES string of the molecule is COc1ccccc1C1=NO[C@H](C(=O)NCC(C)C)C1. The van der Waals surface area contributed by atoms with E-state index in [1.165, 1.54) is 0 Å². The minimum absolute atomic E-state index is 0.118. The van der Waals surface area contributed by atoms with Crippen LogP contribution in [0.2, 0.25) is 0 Å². The molecule has 1 aliphatic rings. The molecule has 1 amide bonds. The van der Waals surface area contributed by atoms with E-state index in [0.29, 0.717) is 18.9 Å². The van der Waals surface area contributed by atoms with Crippen LogP contribution in [0.5, 0.6) is 5.75 Å². The van der Waals surface area contributed by atoms with Gasteiger partial charge in [-0.2, -0.15) is 0 Å². The minimum atomic E-state index is -0.548. The molecule has 0 spiro atoms. The highest BCUT2D eigenvalue weighted by atomic mass is 16.6. The molecule has 0 aliphatic carbocycles. The lowest BCUT2D eigenvalue weighted by Crippen LogP contribution is -2.36. The van der Waals surface area contributed by atoms with Gasteiger partial charge in [0.1, 0.15) is 5.75 Å². The van der Waals surface area contributed by atoms with Crippen molar-refractivity contribution in [3.05, 3.63) is 29.8 Å². The van der Waals surface area contributed by atoms with Crippen molar-refractivity contribution in [3.63, 3.8) is 0 Å². The molecule has 0 radical (unpaired) electrons.